The number of para-hydroxylation sites is 1. The van der Waals surface area contributed by atoms with Gasteiger partial charge in [0.15, 0.2) is 0 Å². The van der Waals surface area contributed by atoms with Crippen LogP contribution in [0.2, 0.25) is 0 Å². The molecule has 0 aliphatic carbocycles. The Morgan fingerprint density at radius 3 is 2.56 bits per heavy atom. The molecule has 0 radical (unpaired) electrons. The summed E-state index contributed by atoms with van der Waals surface area (Å²) in [5, 5.41) is 4.37. The molecule has 0 unspecified atom stereocenters. The van der Waals surface area contributed by atoms with Gasteiger partial charge in [0.25, 0.3) is 0 Å². The molecule has 2 rings (SSSR count). The number of aromatic nitrogens is 2. The van der Waals surface area contributed by atoms with Crippen LogP contribution in [0, 0.1) is 6.92 Å². The van der Waals surface area contributed by atoms with Gasteiger partial charge >= 0.3 is 0 Å². The fourth-order valence-electron chi connectivity index (χ4n) is 1.82. The zero-order chi connectivity index (χ0) is 11.5. The lowest BCUT2D eigenvalue weighted by atomic mass is 10.2. The van der Waals surface area contributed by atoms with E-state index in [1.807, 2.05) is 44.3 Å². The molecule has 0 saturated carbocycles. The Balaban J connectivity index is 2.34. The van der Waals surface area contributed by atoms with Gasteiger partial charge in [-0.3, -0.25) is 0 Å². The summed E-state index contributed by atoms with van der Waals surface area (Å²) in [7, 11) is 1.91. The van der Waals surface area contributed by atoms with E-state index in [2.05, 4.69) is 12.0 Å². The third kappa shape index (κ3) is 1.94. The second kappa shape index (κ2) is 4.39. The van der Waals surface area contributed by atoms with Crippen molar-refractivity contribution in [3.63, 3.8) is 0 Å². The van der Waals surface area contributed by atoms with Gasteiger partial charge in [0.1, 0.15) is 5.75 Å². The molecule has 0 amide bonds. The first-order chi connectivity index (χ1) is 7.72. The summed E-state index contributed by atoms with van der Waals surface area (Å²) in [5.74, 6) is 1.69. The van der Waals surface area contributed by atoms with E-state index in [1.165, 1.54) is 5.56 Å². The van der Waals surface area contributed by atoms with Gasteiger partial charge in [-0.2, -0.15) is 5.10 Å². The maximum Gasteiger partial charge on any atom is 0.221 e. The predicted octanol–water partition coefficient (Wildman–Crippen LogP) is 3.08. The minimum atomic E-state index is 0.839. The fourth-order valence-corrected chi connectivity index (χ4v) is 1.82. The Kier molecular flexibility index (Phi) is 2.95. The normalized spacial score (nSPS) is 10.4. The van der Waals surface area contributed by atoms with Gasteiger partial charge in [-0.05, 0) is 25.5 Å². The second-order valence-electron chi connectivity index (χ2n) is 3.76. The maximum atomic E-state index is 5.85. The van der Waals surface area contributed by atoms with Gasteiger partial charge in [0, 0.05) is 12.6 Å². The molecule has 0 bridgehead atoms. The molecule has 0 spiro atoms. The lowest BCUT2D eigenvalue weighted by Crippen LogP contribution is -1.96. The average molecular weight is 216 g/mol. The highest BCUT2D eigenvalue weighted by molar-refractivity contribution is 5.35. The van der Waals surface area contributed by atoms with E-state index >= 15 is 0 Å². The highest BCUT2D eigenvalue weighted by Gasteiger charge is 2.13. The first-order valence-electron chi connectivity index (χ1n) is 5.47. The van der Waals surface area contributed by atoms with Crippen molar-refractivity contribution in [1.29, 1.82) is 0 Å². The fraction of sp³-hybridized carbons (Fsp3) is 0.308. The molecule has 1 aromatic carbocycles. The zero-order valence-electron chi connectivity index (χ0n) is 9.90. The molecule has 16 heavy (non-hydrogen) atoms. The minimum absolute atomic E-state index is 0.839. The van der Waals surface area contributed by atoms with E-state index in [-0.39, 0.29) is 0 Å². The van der Waals surface area contributed by atoms with Gasteiger partial charge in [0.05, 0.1) is 5.69 Å². The third-order valence-electron chi connectivity index (χ3n) is 2.60. The van der Waals surface area contributed by atoms with Crippen molar-refractivity contribution in [2.75, 3.05) is 0 Å². The number of nitrogens with zero attached hydrogens (tertiary/aromatic N) is 2. The number of benzene rings is 1. The van der Waals surface area contributed by atoms with Crippen LogP contribution in [0.1, 0.15) is 18.2 Å². The Morgan fingerprint density at radius 2 is 1.94 bits per heavy atom. The SMILES string of the molecule is CCc1c(C)nn(C)c1Oc1ccccc1. The van der Waals surface area contributed by atoms with Crippen molar-refractivity contribution in [2.24, 2.45) is 7.05 Å². The summed E-state index contributed by atoms with van der Waals surface area (Å²) in [4.78, 5) is 0. The largest absolute Gasteiger partial charge is 0.439 e. The smallest absolute Gasteiger partial charge is 0.221 e. The molecule has 3 nitrogen and oxygen atoms in total. The van der Waals surface area contributed by atoms with E-state index in [0.717, 1.165) is 23.7 Å². The van der Waals surface area contributed by atoms with E-state index in [9.17, 15) is 0 Å². The van der Waals surface area contributed by atoms with Crippen LogP contribution in [-0.2, 0) is 13.5 Å². The van der Waals surface area contributed by atoms with Crippen molar-refractivity contribution >= 4 is 0 Å². The molecule has 0 saturated heterocycles. The Labute approximate surface area is 95.7 Å². The number of aryl methyl sites for hydroxylation is 2. The standard InChI is InChI=1S/C13H16N2O/c1-4-12-10(2)14-15(3)13(12)16-11-8-6-5-7-9-11/h5-9H,4H2,1-3H3. The molecule has 0 atom stereocenters. The van der Waals surface area contributed by atoms with Crippen molar-refractivity contribution in [2.45, 2.75) is 20.3 Å². The molecule has 2 aromatic rings. The molecule has 0 aliphatic rings. The van der Waals surface area contributed by atoms with Gasteiger partial charge in [-0.25, -0.2) is 4.68 Å². The van der Waals surface area contributed by atoms with Crippen molar-refractivity contribution in [3.8, 4) is 11.6 Å². The summed E-state index contributed by atoms with van der Waals surface area (Å²) < 4.78 is 7.65. The number of hydrogen-bond donors (Lipinski definition) is 0. The van der Waals surface area contributed by atoms with Crippen LogP contribution in [0.3, 0.4) is 0 Å². The van der Waals surface area contributed by atoms with Crippen LogP contribution < -0.4 is 4.74 Å². The number of ether oxygens (including phenoxy) is 1. The highest BCUT2D eigenvalue weighted by atomic mass is 16.5. The Hall–Kier alpha value is -1.77. The van der Waals surface area contributed by atoms with Gasteiger partial charge in [-0.1, -0.05) is 25.1 Å². The van der Waals surface area contributed by atoms with Crippen LogP contribution in [0.25, 0.3) is 0 Å². The topological polar surface area (TPSA) is 27.1 Å². The van der Waals surface area contributed by atoms with E-state index in [1.54, 1.807) is 4.68 Å². The predicted molar refractivity (Wildman–Crippen MR) is 63.8 cm³/mol. The lowest BCUT2D eigenvalue weighted by Gasteiger charge is -2.07. The second-order valence-corrected chi connectivity index (χ2v) is 3.76. The first kappa shape index (κ1) is 10.7. The van der Waals surface area contributed by atoms with Gasteiger partial charge in [0.2, 0.25) is 5.88 Å². The van der Waals surface area contributed by atoms with E-state index in [4.69, 9.17) is 4.74 Å². The van der Waals surface area contributed by atoms with Crippen molar-refractivity contribution in [1.82, 2.24) is 9.78 Å². The third-order valence-corrected chi connectivity index (χ3v) is 2.60. The summed E-state index contributed by atoms with van der Waals surface area (Å²) in [5.41, 5.74) is 2.21. The van der Waals surface area contributed by atoms with Crippen molar-refractivity contribution in [3.05, 3.63) is 41.6 Å². The van der Waals surface area contributed by atoms with Crippen LogP contribution in [0.5, 0.6) is 11.6 Å². The van der Waals surface area contributed by atoms with Crippen LogP contribution in [0.4, 0.5) is 0 Å². The lowest BCUT2D eigenvalue weighted by molar-refractivity contribution is 0.426. The van der Waals surface area contributed by atoms with E-state index < -0.39 is 0 Å². The first-order valence-corrected chi connectivity index (χ1v) is 5.47. The van der Waals surface area contributed by atoms with Crippen molar-refractivity contribution < 1.29 is 4.74 Å². The monoisotopic (exact) mass is 216 g/mol. The molecular formula is C13H16N2O. The molecule has 0 N–H and O–H groups in total. The van der Waals surface area contributed by atoms with Crippen LogP contribution in [-0.4, -0.2) is 9.78 Å². The maximum absolute atomic E-state index is 5.85. The van der Waals surface area contributed by atoms with E-state index in [0.29, 0.717) is 0 Å². The minimum Gasteiger partial charge on any atom is -0.439 e. The summed E-state index contributed by atoms with van der Waals surface area (Å²) in [6, 6.07) is 9.79. The summed E-state index contributed by atoms with van der Waals surface area (Å²) >= 11 is 0. The molecule has 3 heteroatoms. The highest BCUT2D eigenvalue weighted by Crippen LogP contribution is 2.27. The molecule has 0 fully saturated rings. The number of rotatable bonds is 3. The van der Waals surface area contributed by atoms with Crippen LogP contribution in [0.15, 0.2) is 30.3 Å². The molecule has 84 valence electrons. The average Bonchev–Trinajstić information content (AvgIpc) is 2.55. The van der Waals surface area contributed by atoms with Crippen LogP contribution >= 0.6 is 0 Å². The quantitative estimate of drug-likeness (QED) is 0.788. The molecule has 1 heterocycles. The summed E-state index contributed by atoms with van der Waals surface area (Å²) in [6.07, 6.45) is 0.932. The molecule has 1 aromatic heterocycles. The number of hydrogen-bond acceptors (Lipinski definition) is 2. The molecular weight excluding hydrogens is 200 g/mol. The van der Waals surface area contributed by atoms with Gasteiger partial charge < -0.3 is 4.74 Å². The zero-order valence-corrected chi connectivity index (χ0v) is 9.90. The molecule has 0 aliphatic heterocycles. The summed E-state index contributed by atoms with van der Waals surface area (Å²) in [6.45, 7) is 4.12. The van der Waals surface area contributed by atoms with Gasteiger partial charge in [-0.15, -0.1) is 0 Å². The Morgan fingerprint density at radius 1 is 1.25 bits per heavy atom. The Bertz CT molecular complexity index is 474.